The van der Waals surface area contributed by atoms with Gasteiger partial charge in [0, 0.05) is 11.5 Å². The average Bonchev–Trinajstić information content (AvgIpc) is 2.87. The molecule has 3 N–H and O–H groups in total. The summed E-state index contributed by atoms with van der Waals surface area (Å²) in [5.74, 6) is 4.97. The molecule has 3 nitrogen and oxygen atoms in total. The summed E-state index contributed by atoms with van der Waals surface area (Å²) in [6.07, 6.45) is 0.324. The van der Waals surface area contributed by atoms with E-state index in [9.17, 15) is 8.78 Å². The molecule has 0 spiro atoms. The minimum atomic E-state index is -0.606. The quantitative estimate of drug-likeness (QED) is 0.571. The van der Waals surface area contributed by atoms with Crippen molar-refractivity contribution in [3.63, 3.8) is 0 Å². The molecule has 0 bridgehead atoms. The van der Waals surface area contributed by atoms with Crippen LogP contribution >= 0.6 is 0 Å². The number of furan rings is 1. The van der Waals surface area contributed by atoms with Crippen molar-refractivity contribution in [2.45, 2.75) is 12.5 Å². The molecular weight excluding hydrogens is 274 g/mol. The van der Waals surface area contributed by atoms with Crippen LogP contribution in [0.25, 0.3) is 11.0 Å². The van der Waals surface area contributed by atoms with Gasteiger partial charge < -0.3 is 4.42 Å². The number of benzene rings is 2. The lowest BCUT2D eigenvalue weighted by atomic mass is 10.0. The van der Waals surface area contributed by atoms with Crippen molar-refractivity contribution in [3.8, 4) is 0 Å². The average molecular weight is 288 g/mol. The highest BCUT2D eigenvalue weighted by molar-refractivity contribution is 5.77. The molecule has 0 aliphatic carbocycles. The molecule has 0 fully saturated rings. The van der Waals surface area contributed by atoms with Crippen LogP contribution in [0.1, 0.15) is 17.4 Å². The van der Waals surface area contributed by atoms with E-state index in [-0.39, 0.29) is 6.04 Å². The fraction of sp³-hybridized carbons (Fsp3) is 0.125. The van der Waals surface area contributed by atoms with Crippen molar-refractivity contribution in [3.05, 3.63) is 71.5 Å². The van der Waals surface area contributed by atoms with Crippen molar-refractivity contribution in [1.82, 2.24) is 5.43 Å². The molecule has 108 valence electrons. The summed E-state index contributed by atoms with van der Waals surface area (Å²) in [4.78, 5) is 0. The van der Waals surface area contributed by atoms with Gasteiger partial charge in [0.1, 0.15) is 23.0 Å². The second-order valence-corrected chi connectivity index (χ2v) is 4.89. The topological polar surface area (TPSA) is 51.2 Å². The lowest BCUT2D eigenvalue weighted by Gasteiger charge is -2.13. The number of nitrogens with two attached hydrogens (primary N) is 1. The predicted octanol–water partition coefficient (Wildman–Crippen LogP) is 3.46. The van der Waals surface area contributed by atoms with Gasteiger partial charge in [-0.2, -0.15) is 0 Å². The van der Waals surface area contributed by atoms with E-state index in [1.54, 1.807) is 0 Å². The molecule has 21 heavy (non-hydrogen) atoms. The monoisotopic (exact) mass is 288 g/mol. The molecule has 0 aliphatic heterocycles. The third-order valence-electron chi connectivity index (χ3n) is 3.35. The zero-order valence-corrected chi connectivity index (χ0v) is 11.1. The number of hydrogen-bond donors (Lipinski definition) is 2. The van der Waals surface area contributed by atoms with Crippen LogP contribution in [0.5, 0.6) is 0 Å². The van der Waals surface area contributed by atoms with Crippen molar-refractivity contribution in [2.75, 3.05) is 0 Å². The van der Waals surface area contributed by atoms with Gasteiger partial charge in [0.25, 0.3) is 0 Å². The van der Waals surface area contributed by atoms with Crippen molar-refractivity contribution in [1.29, 1.82) is 0 Å². The Bertz CT molecular complexity index is 717. The Hall–Kier alpha value is -2.24. The molecule has 0 saturated carbocycles. The Labute approximate surface area is 120 Å². The Morgan fingerprint density at radius 2 is 1.76 bits per heavy atom. The van der Waals surface area contributed by atoms with Crippen LogP contribution in [0.15, 0.2) is 52.9 Å². The number of halogens is 2. The zero-order chi connectivity index (χ0) is 14.8. The van der Waals surface area contributed by atoms with Gasteiger partial charge in [0.15, 0.2) is 0 Å². The fourth-order valence-corrected chi connectivity index (χ4v) is 2.38. The number of para-hydroxylation sites is 1. The Morgan fingerprint density at radius 3 is 2.43 bits per heavy atom. The number of nitrogens with one attached hydrogen (secondary N) is 1. The van der Waals surface area contributed by atoms with Crippen LogP contribution in [0, 0.1) is 11.6 Å². The number of rotatable bonds is 4. The second-order valence-electron chi connectivity index (χ2n) is 4.89. The molecule has 3 rings (SSSR count). The molecule has 1 aromatic heterocycles. The summed E-state index contributed by atoms with van der Waals surface area (Å²) < 4.78 is 32.2. The predicted molar refractivity (Wildman–Crippen MR) is 76.3 cm³/mol. The van der Waals surface area contributed by atoms with Gasteiger partial charge in [-0.05, 0) is 36.2 Å². The van der Waals surface area contributed by atoms with Gasteiger partial charge in [-0.25, -0.2) is 14.2 Å². The molecule has 1 unspecified atom stereocenters. The normalized spacial score (nSPS) is 12.7. The molecule has 2 aromatic carbocycles. The van der Waals surface area contributed by atoms with Crippen molar-refractivity contribution in [2.24, 2.45) is 5.84 Å². The molecule has 1 atom stereocenters. The minimum Gasteiger partial charge on any atom is -0.459 e. The van der Waals surface area contributed by atoms with Gasteiger partial charge in [0.2, 0.25) is 0 Å². The standard InChI is InChI=1S/C16H14F2N2O/c17-12-5-10(6-13(18)9-12)7-14(20-19)16-8-11-3-1-2-4-15(11)21-16/h1-6,8-9,14,20H,7,19H2. The van der Waals surface area contributed by atoms with Gasteiger partial charge in [-0.3, -0.25) is 5.84 Å². The molecule has 0 amide bonds. The molecule has 0 saturated heterocycles. The van der Waals surface area contributed by atoms with Crippen LogP contribution in [-0.2, 0) is 6.42 Å². The van der Waals surface area contributed by atoms with Gasteiger partial charge >= 0.3 is 0 Å². The zero-order valence-electron chi connectivity index (χ0n) is 11.1. The maximum Gasteiger partial charge on any atom is 0.134 e. The highest BCUT2D eigenvalue weighted by Crippen LogP contribution is 2.26. The summed E-state index contributed by atoms with van der Waals surface area (Å²) >= 11 is 0. The molecule has 5 heteroatoms. The first-order valence-corrected chi connectivity index (χ1v) is 6.55. The van der Waals surface area contributed by atoms with Gasteiger partial charge in [0.05, 0.1) is 6.04 Å². The third kappa shape index (κ3) is 2.94. The Kier molecular flexibility index (Phi) is 3.68. The first-order chi connectivity index (χ1) is 10.2. The highest BCUT2D eigenvalue weighted by Gasteiger charge is 2.16. The first kappa shape index (κ1) is 13.7. The summed E-state index contributed by atoms with van der Waals surface area (Å²) in [6.45, 7) is 0. The van der Waals surface area contributed by atoms with Crippen LogP contribution in [0.2, 0.25) is 0 Å². The minimum absolute atomic E-state index is 0.324. The third-order valence-corrected chi connectivity index (χ3v) is 3.35. The van der Waals surface area contributed by atoms with Crippen LogP contribution < -0.4 is 11.3 Å². The fourth-order valence-electron chi connectivity index (χ4n) is 2.38. The van der Waals surface area contributed by atoms with E-state index in [2.05, 4.69) is 5.43 Å². The van der Waals surface area contributed by atoms with E-state index in [1.807, 2.05) is 30.3 Å². The SMILES string of the molecule is NNC(Cc1cc(F)cc(F)c1)c1cc2ccccc2o1. The highest BCUT2D eigenvalue weighted by atomic mass is 19.1. The van der Waals surface area contributed by atoms with Crippen molar-refractivity contribution < 1.29 is 13.2 Å². The molecule has 0 radical (unpaired) electrons. The number of hydrogen-bond acceptors (Lipinski definition) is 3. The van der Waals surface area contributed by atoms with E-state index < -0.39 is 11.6 Å². The van der Waals surface area contributed by atoms with E-state index in [0.717, 1.165) is 17.0 Å². The van der Waals surface area contributed by atoms with Gasteiger partial charge in [-0.15, -0.1) is 0 Å². The maximum atomic E-state index is 13.2. The van der Waals surface area contributed by atoms with Crippen LogP contribution in [0.4, 0.5) is 8.78 Å². The second kappa shape index (κ2) is 5.63. The van der Waals surface area contributed by atoms with E-state index in [4.69, 9.17) is 10.3 Å². The Morgan fingerprint density at radius 1 is 1.05 bits per heavy atom. The molecule has 1 heterocycles. The lowest BCUT2D eigenvalue weighted by Crippen LogP contribution is -2.29. The largest absolute Gasteiger partial charge is 0.459 e. The smallest absolute Gasteiger partial charge is 0.134 e. The van der Waals surface area contributed by atoms with Crippen molar-refractivity contribution >= 4 is 11.0 Å². The first-order valence-electron chi connectivity index (χ1n) is 6.55. The maximum absolute atomic E-state index is 13.2. The Balaban J connectivity index is 1.90. The van der Waals surface area contributed by atoms with E-state index in [1.165, 1.54) is 12.1 Å². The molecule has 3 aromatic rings. The van der Waals surface area contributed by atoms with Gasteiger partial charge in [-0.1, -0.05) is 18.2 Å². The molecular formula is C16H14F2N2O. The van der Waals surface area contributed by atoms with Crippen LogP contribution in [0.3, 0.4) is 0 Å². The molecule has 0 aliphatic rings. The summed E-state index contributed by atoms with van der Waals surface area (Å²) in [6, 6.07) is 12.5. The number of fused-ring (bicyclic) bond motifs is 1. The lowest BCUT2D eigenvalue weighted by molar-refractivity contribution is 0.433. The van der Waals surface area contributed by atoms with E-state index in [0.29, 0.717) is 17.7 Å². The van der Waals surface area contributed by atoms with Crippen LogP contribution in [-0.4, -0.2) is 0 Å². The summed E-state index contributed by atoms with van der Waals surface area (Å²) in [7, 11) is 0. The summed E-state index contributed by atoms with van der Waals surface area (Å²) in [5, 5.41) is 0.957. The van der Waals surface area contributed by atoms with E-state index >= 15 is 0 Å². The summed E-state index contributed by atoms with van der Waals surface area (Å²) in [5.41, 5.74) is 3.89. The number of hydrazine groups is 1.